The summed E-state index contributed by atoms with van der Waals surface area (Å²) >= 11 is 0. The molecule has 0 spiro atoms. The number of rotatable bonds is 4. The Balaban J connectivity index is 1.57. The molecule has 1 heterocycles. The topological polar surface area (TPSA) is 64.0 Å². The molecule has 5 heteroatoms. The van der Waals surface area contributed by atoms with Gasteiger partial charge >= 0.3 is 0 Å². The molecule has 138 valence electrons. The first-order valence-corrected chi connectivity index (χ1v) is 9.48. The van der Waals surface area contributed by atoms with Crippen LogP contribution < -0.4 is 10.9 Å². The van der Waals surface area contributed by atoms with Gasteiger partial charge in [-0.05, 0) is 49.6 Å². The fourth-order valence-corrected chi connectivity index (χ4v) is 3.76. The van der Waals surface area contributed by atoms with Crippen LogP contribution in [-0.2, 0) is 6.54 Å². The number of benzene rings is 2. The lowest BCUT2D eigenvalue weighted by Gasteiger charge is -2.13. The Morgan fingerprint density at radius 2 is 1.81 bits per heavy atom. The summed E-state index contributed by atoms with van der Waals surface area (Å²) in [5.74, 6) is -0.0178. The summed E-state index contributed by atoms with van der Waals surface area (Å²) in [4.78, 5) is 29.3. The maximum atomic E-state index is 12.6. The van der Waals surface area contributed by atoms with Crippen LogP contribution in [0.15, 0.2) is 53.3 Å². The van der Waals surface area contributed by atoms with Crippen molar-refractivity contribution in [3.05, 3.63) is 75.7 Å². The highest BCUT2D eigenvalue weighted by Gasteiger charge is 2.18. The third-order valence-electron chi connectivity index (χ3n) is 5.26. The van der Waals surface area contributed by atoms with Crippen LogP contribution in [0.4, 0.5) is 0 Å². The Morgan fingerprint density at radius 3 is 2.56 bits per heavy atom. The largest absolute Gasteiger partial charge is 0.349 e. The summed E-state index contributed by atoms with van der Waals surface area (Å²) in [5, 5.41) is 3.10. The van der Waals surface area contributed by atoms with E-state index in [1.807, 2.05) is 48.5 Å². The van der Waals surface area contributed by atoms with Gasteiger partial charge < -0.3 is 9.88 Å². The SMILES string of the molecule is Cc1nc2ccccc2n(Cc2ccc(C(=O)NC3CCCC3)cc2)c1=O. The van der Waals surface area contributed by atoms with Gasteiger partial charge in [0, 0.05) is 11.6 Å². The molecule has 0 aliphatic heterocycles. The van der Waals surface area contributed by atoms with Gasteiger partial charge in [0.2, 0.25) is 0 Å². The van der Waals surface area contributed by atoms with E-state index in [1.165, 1.54) is 12.8 Å². The van der Waals surface area contributed by atoms with Gasteiger partial charge in [-0.1, -0.05) is 37.1 Å². The van der Waals surface area contributed by atoms with Crippen molar-refractivity contribution in [3.8, 4) is 0 Å². The zero-order valence-corrected chi connectivity index (χ0v) is 15.4. The lowest BCUT2D eigenvalue weighted by molar-refractivity contribution is 0.0938. The van der Waals surface area contributed by atoms with Gasteiger partial charge in [0.25, 0.3) is 11.5 Å². The van der Waals surface area contributed by atoms with Crippen molar-refractivity contribution >= 4 is 16.9 Å². The summed E-state index contributed by atoms with van der Waals surface area (Å²) < 4.78 is 1.74. The van der Waals surface area contributed by atoms with E-state index in [0.29, 0.717) is 23.8 Å². The number of amides is 1. The molecule has 0 atom stereocenters. The molecule has 1 aromatic heterocycles. The third-order valence-corrected chi connectivity index (χ3v) is 5.26. The third kappa shape index (κ3) is 3.63. The van der Waals surface area contributed by atoms with Crippen molar-refractivity contribution in [3.63, 3.8) is 0 Å². The fraction of sp³-hybridized carbons (Fsp3) is 0.318. The highest BCUT2D eigenvalue weighted by Crippen LogP contribution is 2.18. The zero-order chi connectivity index (χ0) is 18.8. The van der Waals surface area contributed by atoms with E-state index in [2.05, 4.69) is 10.3 Å². The summed E-state index contributed by atoms with van der Waals surface area (Å²) in [6.07, 6.45) is 4.53. The van der Waals surface area contributed by atoms with Gasteiger partial charge in [-0.15, -0.1) is 0 Å². The molecule has 0 radical (unpaired) electrons. The smallest absolute Gasteiger partial charge is 0.272 e. The summed E-state index contributed by atoms with van der Waals surface area (Å²) in [7, 11) is 0. The van der Waals surface area contributed by atoms with E-state index < -0.39 is 0 Å². The second-order valence-corrected chi connectivity index (χ2v) is 7.23. The van der Waals surface area contributed by atoms with Crippen LogP contribution in [0.25, 0.3) is 11.0 Å². The second-order valence-electron chi connectivity index (χ2n) is 7.23. The summed E-state index contributed by atoms with van der Waals surface area (Å²) in [6, 6.07) is 15.5. The van der Waals surface area contributed by atoms with Crippen molar-refractivity contribution in [2.75, 3.05) is 0 Å². The molecule has 5 nitrogen and oxygen atoms in total. The summed E-state index contributed by atoms with van der Waals surface area (Å²) in [5.41, 5.74) is 3.66. The van der Waals surface area contributed by atoms with Crippen molar-refractivity contribution < 1.29 is 4.79 Å². The highest BCUT2D eigenvalue weighted by molar-refractivity contribution is 5.94. The van der Waals surface area contributed by atoms with Crippen LogP contribution in [0.3, 0.4) is 0 Å². The van der Waals surface area contributed by atoms with E-state index in [0.717, 1.165) is 29.4 Å². The molecular formula is C22H23N3O2. The van der Waals surface area contributed by atoms with Crippen LogP contribution in [0.2, 0.25) is 0 Å². The van der Waals surface area contributed by atoms with Crippen molar-refractivity contribution in [2.45, 2.75) is 45.2 Å². The predicted octanol–water partition coefficient (Wildman–Crippen LogP) is 3.43. The number of para-hydroxylation sites is 2. The number of aryl methyl sites for hydroxylation is 1. The van der Waals surface area contributed by atoms with E-state index >= 15 is 0 Å². The standard InChI is InChI=1S/C22H23N3O2/c1-15-22(27)25(20-9-5-4-8-19(20)23-15)14-16-10-12-17(13-11-16)21(26)24-18-6-2-3-7-18/h4-5,8-13,18H,2-3,6-7,14H2,1H3,(H,24,26). The number of nitrogens with zero attached hydrogens (tertiary/aromatic N) is 2. The molecule has 1 saturated carbocycles. The quantitative estimate of drug-likeness (QED) is 0.774. The number of hydrogen-bond acceptors (Lipinski definition) is 3. The predicted molar refractivity (Wildman–Crippen MR) is 106 cm³/mol. The number of hydrogen-bond donors (Lipinski definition) is 1. The van der Waals surface area contributed by atoms with Crippen LogP contribution in [0.1, 0.15) is 47.3 Å². The highest BCUT2D eigenvalue weighted by atomic mass is 16.1. The Hall–Kier alpha value is -2.95. The number of carbonyl (C=O) groups is 1. The van der Waals surface area contributed by atoms with Crippen LogP contribution in [0.5, 0.6) is 0 Å². The van der Waals surface area contributed by atoms with Crippen LogP contribution >= 0.6 is 0 Å². The molecule has 1 amide bonds. The lowest BCUT2D eigenvalue weighted by atomic mass is 10.1. The minimum atomic E-state index is -0.0863. The molecule has 1 aliphatic rings. The minimum absolute atomic E-state index is 0.0178. The minimum Gasteiger partial charge on any atom is -0.349 e. The molecule has 0 saturated heterocycles. The van der Waals surface area contributed by atoms with Gasteiger partial charge in [0.1, 0.15) is 5.69 Å². The number of nitrogens with one attached hydrogen (secondary N) is 1. The first-order valence-electron chi connectivity index (χ1n) is 9.48. The first kappa shape index (κ1) is 17.5. The Bertz CT molecular complexity index is 1030. The van der Waals surface area contributed by atoms with Gasteiger partial charge in [-0.2, -0.15) is 0 Å². The molecule has 0 unspecified atom stereocenters. The maximum absolute atomic E-state index is 12.6. The van der Waals surface area contributed by atoms with Gasteiger partial charge in [0.05, 0.1) is 17.6 Å². The summed E-state index contributed by atoms with van der Waals surface area (Å²) in [6.45, 7) is 2.19. The number of fused-ring (bicyclic) bond motifs is 1. The average Bonchev–Trinajstić information content (AvgIpc) is 3.19. The molecule has 1 N–H and O–H groups in total. The molecule has 27 heavy (non-hydrogen) atoms. The van der Waals surface area contributed by atoms with Gasteiger partial charge in [-0.25, -0.2) is 4.98 Å². The molecule has 4 rings (SSSR count). The van der Waals surface area contributed by atoms with E-state index in [-0.39, 0.29) is 11.5 Å². The average molecular weight is 361 g/mol. The van der Waals surface area contributed by atoms with E-state index in [9.17, 15) is 9.59 Å². The van der Waals surface area contributed by atoms with E-state index in [1.54, 1.807) is 11.5 Å². The Labute approximate surface area is 158 Å². The van der Waals surface area contributed by atoms with Gasteiger partial charge in [-0.3, -0.25) is 9.59 Å². The molecule has 2 aromatic carbocycles. The Kier molecular flexibility index (Phi) is 4.75. The lowest BCUT2D eigenvalue weighted by Crippen LogP contribution is -2.32. The zero-order valence-electron chi connectivity index (χ0n) is 15.4. The number of carbonyl (C=O) groups excluding carboxylic acids is 1. The normalized spacial score (nSPS) is 14.6. The van der Waals surface area contributed by atoms with Crippen molar-refractivity contribution in [1.82, 2.24) is 14.9 Å². The van der Waals surface area contributed by atoms with E-state index in [4.69, 9.17) is 0 Å². The molecule has 0 bridgehead atoms. The van der Waals surface area contributed by atoms with Crippen LogP contribution in [0, 0.1) is 6.92 Å². The van der Waals surface area contributed by atoms with Gasteiger partial charge in [0.15, 0.2) is 0 Å². The molecule has 3 aromatic rings. The maximum Gasteiger partial charge on any atom is 0.272 e. The fourth-order valence-electron chi connectivity index (χ4n) is 3.76. The Morgan fingerprint density at radius 1 is 1.11 bits per heavy atom. The molecular weight excluding hydrogens is 338 g/mol. The van der Waals surface area contributed by atoms with Crippen LogP contribution in [-0.4, -0.2) is 21.5 Å². The monoisotopic (exact) mass is 361 g/mol. The second kappa shape index (κ2) is 7.35. The first-order chi connectivity index (χ1) is 13.1. The van der Waals surface area contributed by atoms with Crippen molar-refractivity contribution in [1.29, 1.82) is 0 Å². The molecule has 1 fully saturated rings. The number of aromatic nitrogens is 2. The molecule has 1 aliphatic carbocycles. The van der Waals surface area contributed by atoms with Crippen molar-refractivity contribution in [2.24, 2.45) is 0 Å².